The molecule has 2 N–H and O–H groups in total. The minimum absolute atomic E-state index is 0.344. The molecule has 1 rings (SSSR count). The van der Waals surface area contributed by atoms with E-state index in [1.165, 1.54) is 0 Å². The van der Waals surface area contributed by atoms with E-state index in [9.17, 15) is 4.79 Å². The Morgan fingerprint density at radius 3 is 2.70 bits per heavy atom. The molecular formula is C14H23N3O2S. The molecule has 0 unspecified atom stereocenters. The van der Waals surface area contributed by atoms with Gasteiger partial charge in [0.15, 0.2) is 0 Å². The van der Waals surface area contributed by atoms with Crippen LogP contribution < -0.4 is 5.73 Å². The van der Waals surface area contributed by atoms with Gasteiger partial charge in [-0.25, -0.2) is 9.78 Å². The van der Waals surface area contributed by atoms with Crippen molar-refractivity contribution in [1.29, 1.82) is 0 Å². The average Bonchev–Trinajstić information content (AvgIpc) is 2.45. The van der Waals surface area contributed by atoms with Gasteiger partial charge in [0, 0.05) is 12.3 Å². The number of ether oxygens (including phenoxy) is 1. The maximum atomic E-state index is 11.9. The number of hydrogen-bond donors (Lipinski definition) is 1. The molecule has 0 bridgehead atoms. The third-order valence-electron chi connectivity index (χ3n) is 2.91. The van der Waals surface area contributed by atoms with E-state index in [-0.39, 0.29) is 5.97 Å². The van der Waals surface area contributed by atoms with Crippen LogP contribution in [0, 0.1) is 0 Å². The molecule has 1 heterocycles. The summed E-state index contributed by atoms with van der Waals surface area (Å²) in [6.07, 6.45) is 1.57. The van der Waals surface area contributed by atoms with Gasteiger partial charge in [0.25, 0.3) is 0 Å². The Morgan fingerprint density at radius 2 is 2.10 bits per heavy atom. The molecule has 0 atom stereocenters. The maximum Gasteiger partial charge on any atom is 0.340 e. The summed E-state index contributed by atoms with van der Waals surface area (Å²) in [5.74, 6) is 0.517. The Morgan fingerprint density at radius 1 is 1.40 bits per heavy atom. The van der Waals surface area contributed by atoms with E-state index in [0.717, 1.165) is 25.4 Å². The minimum atomic E-state index is -0.363. The van der Waals surface area contributed by atoms with Gasteiger partial charge in [-0.1, -0.05) is 13.8 Å². The molecule has 5 nitrogen and oxygen atoms in total. The van der Waals surface area contributed by atoms with E-state index in [1.807, 2.05) is 0 Å². The molecule has 0 aliphatic rings. The van der Waals surface area contributed by atoms with Crippen LogP contribution in [0.15, 0.2) is 17.3 Å². The number of anilines is 1. The lowest BCUT2D eigenvalue weighted by Crippen LogP contribution is -2.25. The first kappa shape index (κ1) is 16.8. The fourth-order valence-corrected chi connectivity index (χ4v) is 2.72. The molecule has 1 aromatic rings. The lowest BCUT2D eigenvalue weighted by Gasteiger charge is -2.17. The SMILES string of the molecule is CCOC(=O)c1cc(N)cnc1SCCN(CC)CC. The largest absolute Gasteiger partial charge is 0.462 e. The van der Waals surface area contributed by atoms with Gasteiger partial charge in [0.2, 0.25) is 0 Å². The van der Waals surface area contributed by atoms with Crippen LogP contribution in [0.5, 0.6) is 0 Å². The zero-order valence-corrected chi connectivity index (χ0v) is 13.2. The van der Waals surface area contributed by atoms with Crippen LogP contribution in [0.4, 0.5) is 5.69 Å². The van der Waals surface area contributed by atoms with Crippen molar-refractivity contribution >= 4 is 23.4 Å². The van der Waals surface area contributed by atoms with Gasteiger partial charge in [0.1, 0.15) is 5.03 Å². The molecule has 0 amide bonds. The second kappa shape index (κ2) is 8.81. The summed E-state index contributed by atoms with van der Waals surface area (Å²) in [6.45, 7) is 9.42. The monoisotopic (exact) mass is 297 g/mol. The van der Waals surface area contributed by atoms with Crippen molar-refractivity contribution in [3.05, 3.63) is 17.8 Å². The van der Waals surface area contributed by atoms with Crippen molar-refractivity contribution in [3.63, 3.8) is 0 Å². The summed E-state index contributed by atoms with van der Waals surface area (Å²) in [6, 6.07) is 1.63. The molecule has 0 saturated carbocycles. The van der Waals surface area contributed by atoms with Crippen molar-refractivity contribution in [2.45, 2.75) is 25.8 Å². The fourth-order valence-electron chi connectivity index (χ4n) is 1.75. The molecule has 0 aliphatic heterocycles. The van der Waals surface area contributed by atoms with E-state index in [1.54, 1.807) is 30.9 Å². The third kappa shape index (κ3) is 5.02. The number of hydrogen-bond acceptors (Lipinski definition) is 6. The number of nitrogens with zero attached hydrogens (tertiary/aromatic N) is 2. The Bertz CT molecular complexity index is 436. The van der Waals surface area contributed by atoms with Gasteiger partial charge in [-0.15, -0.1) is 11.8 Å². The van der Waals surface area contributed by atoms with Crippen molar-refractivity contribution in [3.8, 4) is 0 Å². The Kier molecular flexibility index (Phi) is 7.40. The van der Waals surface area contributed by atoms with Crippen LogP contribution in [0.25, 0.3) is 0 Å². The second-order valence-electron chi connectivity index (χ2n) is 4.22. The first-order valence-corrected chi connectivity index (χ1v) is 7.88. The summed E-state index contributed by atoms with van der Waals surface area (Å²) >= 11 is 1.56. The number of thioether (sulfide) groups is 1. The molecule has 0 saturated heterocycles. The molecular weight excluding hydrogens is 274 g/mol. The predicted octanol–water partition coefficient (Wildman–Crippen LogP) is 2.27. The van der Waals surface area contributed by atoms with E-state index in [2.05, 4.69) is 23.7 Å². The van der Waals surface area contributed by atoms with Gasteiger partial charge < -0.3 is 15.4 Å². The zero-order chi connectivity index (χ0) is 15.0. The Hall–Kier alpha value is -1.27. The molecule has 0 aliphatic carbocycles. The number of carbonyl (C=O) groups excluding carboxylic acids is 1. The minimum Gasteiger partial charge on any atom is -0.462 e. The van der Waals surface area contributed by atoms with E-state index in [4.69, 9.17) is 10.5 Å². The summed E-state index contributed by atoms with van der Waals surface area (Å²) < 4.78 is 5.04. The molecule has 20 heavy (non-hydrogen) atoms. The summed E-state index contributed by atoms with van der Waals surface area (Å²) in [5.41, 5.74) is 6.62. The van der Waals surface area contributed by atoms with Gasteiger partial charge in [-0.2, -0.15) is 0 Å². The molecule has 112 valence electrons. The fraction of sp³-hybridized carbons (Fsp3) is 0.571. The highest BCUT2D eigenvalue weighted by Crippen LogP contribution is 2.23. The highest BCUT2D eigenvalue weighted by Gasteiger charge is 2.15. The predicted molar refractivity (Wildman–Crippen MR) is 83.1 cm³/mol. The molecule has 0 spiro atoms. The van der Waals surface area contributed by atoms with E-state index in [0.29, 0.717) is 22.9 Å². The zero-order valence-electron chi connectivity index (χ0n) is 12.4. The van der Waals surface area contributed by atoms with Crippen molar-refractivity contribution < 1.29 is 9.53 Å². The normalized spacial score (nSPS) is 10.8. The molecule has 1 aromatic heterocycles. The number of carbonyl (C=O) groups is 1. The second-order valence-corrected chi connectivity index (χ2v) is 5.30. The number of esters is 1. The quantitative estimate of drug-likeness (QED) is 0.586. The standard InChI is InChI=1S/C14H23N3O2S/c1-4-17(5-2)7-8-20-13-12(14(18)19-6-3)9-11(15)10-16-13/h9-10H,4-8,15H2,1-3H3. The summed E-state index contributed by atoms with van der Waals surface area (Å²) in [4.78, 5) is 18.5. The number of nitrogen functional groups attached to an aromatic ring is 1. The lowest BCUT2D eigenvalue weighted by atomic mass is 10.3. The first-order valence-electron chi connectivity index (χ1n) is 6.90. The van der Waals surface area contributed by atoms with E-state index < -0.39 is 0 Å². The highest BCUT2D eigenvalue weighted by atomic mass is 32.2. The van der Waals surface area contributed by atoms with Gasteiger partial charge >= 0.3 is 5.97 Å². The molecule has 0 fully saturated rings. The summed E-state index contributed by atoms with van der Waals surface area (Å²) in [7, 11) is 0. The van der Waals surface area contributed by atoms with Gasteiger partial charge in [-0.05, 0) is 26.1 Å². The highest BCUT2D eigenvalue weighted by molar-refractivity contribution is 7.99. The number of nitrogens with two attached hydrogens (primary N) is 1. The maximum absolute atomic E-state index is 11.9. The number of aromatic nitrogens is 1. The third-order valence-corrected chi connectivity index (χ3v) is 3.89. The number of rotatable bonds is 8. The van der Waals surface area contributed by atoms with Crippen molar-refractivity contribution in [1.82, 2.24) is 9.88 Å². The smallest absolute Gasteiger partial charge is 0.340 e. The molecule has 6 heteroatoms. The Balaban J connectivity index is 2.71. The lowest BCUT2D eigenvalue weighted by molar-refractivity contribution is 0.0521. The van der Waals surface area contributed by atoms with Crippen LogP contribution in [0.1, 0.15) is 31.1 Å². The van der Waals surface area contributed by atoms with Gasteiger partial charge in [-0.3, -0.25) is 0 Å². The van der Waals surface area contributed by atoms with Crippen LogP contribution >= 0.6 is 11.8 Å². The molecule has 0 radical (unpaired) electrons. The molecule has 0 aromatic carbocycles. The van der Waals surface area contributed by atoms with Crippen molar-refractivity contribution in [2.24, 2.45) is 0 Å². The van der Waals surface area contributed by atoms with Crippen LogP contribution in [-0.4, -0.2) is 47.8 Å². The number of pyridine rings is 1. The van der Waals surface area contributed by atoms with Crippen LogP contribution in [0.2, 0.25) is 0 Å². The summed E-state index contributed by atoms with van der Waals surface area (Å²) in [5, 5.41) is 0.685. The average molecular weight is 297 g/mol. The first-order chi connectivity index (χ1) is 9.62. The topological polar surface area (TPSA) is 68.5 Å². The Labute approximate surface area is 124 Å². The van der Waals surface area contributed by atoms with Gasteiger partial charge in [0.05, 0.1) is 24.1 Å². The van der Waals surface area contributed by atoms with E-state index >= 15 is 0 Å². The van der Waals surface area contributed by atoms with Crippen LogP contribution in [0.3, 0.4) is 0 Å². The van der Waals surface area contributed by atoms with Crippen molar-refractivity contribution in [2.75, 3.05) is 37.7 Å². The van der Waals surface area contributed by atoms with Crippen LogP contribution in [-0.2, 0) is 4.74 Å².